The first kappa shape index (κ1) is 13.8. The summed E-state index contributed by atoms with van der Waals surface area (Å²) in [4.78, 5) is 5.59. The van der Waals surface area contributed by atoms with Gasteiger partial charge in [-0.15, -0.1) is 0 Å². The van der Waals surface area contributed by atoms with Crippen molar-refractivity contribution in [2.45, 2.75) is 64.1 Å². The van der Waals surface area contributed by atoms with Gasteiger partial charge in [0.2, 0.25) is 0 Å². The lowest BCUT2D eigenvalue weighted by Crippen LogP contribution is -2.57. The van der Waals surface area contributed by atoms with Crippen LogP contribution in [0.15, 0.2) is 0 Å². The molecule has 3 saturated heterocycles. The van der Waals surface area contributed by atoms with Gasteiger partial charge in [-0.25, -0.2) is 0 Å². The minimum Gasteiger partial charge on any atom is -0.311 e. The van der Waals surface area contributed by atoms with Crippen molar-refractivity contribution in [2.75, 3.05) is 32.7 Å². The molecule has 3 nitrogen and oxygen atoms in total. The Hall–Kier alpha value is -0.120. The van der Waals surface area contributed by atoms with Gasteiger partial charge in [-0.2, -0.15) is 0 Å². The van der Waals surface area contributed by atoms with Gasteiger partial charge in [-0.1, -0.05) is 20.3 Å². The molecule has 0 aliphatic carbocycles. The van der Waals surface area contributed by atoms with Gasteiger partial charge in [0.05, 0.1) is 0 Å². The van der Waals surface area contributed by atoms with Gasteiger partial charge in [0.25, 0.3) is 0 Å². The SMILES string of the molecule is CC(C)CC1CN(C2CCN3CCCCC23)CCN1. The molecule has 110 valence electrons. The van der Waals surface area contributed by atoms with Crippen molar-refractivity contribution >= 4 is 0 Å². The van der Waals surface area contributed by atoms with E-state index in [1.165, 1.54) is 64.8 Å². The van der Waals surface area contributed by atoms with Crippen molar-refractivity contribution in [1.29, 1.82) is 0 Å². The van der Waals surface area contributed by atoms with Gasteiger partial charge < -0.3 is 5.32 Å². The summed E-state index contributed by atoms with van der Waals surface area (Å²) in [7, 11) is 0. The Kier molecular flexibility index (Phi) is 4.45. The molecule has 3 atom stereocenters. The summed E-state index contributed by atoms with van der Waals surface area (Å²) in [5.74, 6) is 0.812. The molecule has 3 unspecified atom stereocenters. The van der Waals surface area contributed by atoms with Crippen LogP contribution in [0.4, 0.5) is 0 Å². The standard InChI is InChI=1S/C16H31N3/c1-13(2)11-14-12-19(10-7-17-14)16-6-9-18-8-4-3-5-15(16)18/h13-17H,3-12H2,1-2H3. The summed E-state index contributed by atoms with van der Waals surface area (Å²) in [6, 6.07) is 2.47. The van der Waals surface area contributed by atoms with E-state index in [1.54, 1.807) is 0 Å². The number of piperidine rings is 1. The Labute approximate surface area is 118 Å². The fourth-order valence-corrected chi connectivity index (χ4v) is 4.53. The maximum atomic E-state index is 3.72. The van der Waals surface area contributed by atoms with Gasteiger partial charge in [0, 0.05) is 44.3 Å². The third-order valence-corrected chi connectivity index (χ3v) is 5.33. The van der Waals surface area contributed by atoms with Gasteiger partial charge in [-0.05, 0) is 38.1 Å². The van der Waals surface area contributed by atoms with E-state index in [0.717, 1.165) is 24.0 Å². The van der Waals surface area contributed by atoms with Crippen LogP contribution in [0.2, 0.25) is 0 Å². The third kappa shape index (κ3) is 3.14. The van der Waals surface area contributed by atoms with Gasteiger partial charge >= 0.3 is 0 Å². The Morgan fingerprint density at radius 1 is 1.00 bits per heavy atom. The van der Waals surface area contributed by atoms with Gasteiger partial charge in [-0.3, -0.25) is 9.80 Å². The quantitative estimate of drug-likeness (QED) is 0.841. The topological polar surface area (TPSA) is 18.5 Å². The molecule has 3 heterocycles. The van der Waals surface area contributed by atoms with E-state index < -0.39 is 0 Å². The second-order valence-corrected chi connectivity index (χ2v) is 7.23. The first-order chi connectivity index (χ1) is 9.24. The second-order valence-electron chi connectivity index (χ2n) is 7.23. The lowest BCUT2D eigenvalue weighted by Gasteiger charge is -2.42. The maximum Gasteiger partial charge on any atom is 0.0264 e. The summed E-state index contributed by atoms with van der Waals surface area (Å²) in [5.41, 5.74) is 0. The maximum absolute atomic E-state index is 3.72. The number of rotatable bonds is 3. The molecule has 3 heteroatoms. The van der Waals surface area contributed by atoms with Crippen molar-refractivity contribution < 1.29 is 0 Å². The van der Waals surface area contributed by atoms with Gasteiger partial charge in [0.1, 0.15) is 0 Å². The van der Waals surface area contributed by atoms with Crippen LogP contribution >= 0.6 is 0 Å². The highest BCUT2D eigenvalue weighted by Crippen LogP contribution is 2.31. The number of hydrogen-bond donors (Lipinski definition) is 1. The average Bonchev–Trinajstić information content (AvgIpc) is 2.82. The minimum absolute atomic E-state index is 0.728. The fourth-order valence-electron chi connectivity index (χ4n) is 4.53. The van der Waals surface area contributed by atoms with E-state index >= 15 is 0 Å². The molecule has 0 saturated carbocycles. The average molecular weight is 265 g/mol. The molecule has 0 bridgehead atoms. The first-order valence-corrected chi connectivity index (χ1v) is 8.45. The van der Waals surface area contributed by atoms with Crippen molar-refractivity contribution in [3.63, 3.8) is 0 Å². The molecule has 3 rings (SSSR count). The Bertz CT molecular complexity index is 292. The Balaban J connectivity index is 1.59. The molecule has 0 radical (unpaired) electrons. The largest absolute Gasteiger partial charge is 0.311 e. The molecule has 0 aromatic heterocycles. The van der Waals surface area contributed by atoms with Crippen molar-refractivity contribution in [1.82, 2.24) is 15.1 Å². The third-order valence-electron chi connectivity index (χ3n) is 5.33. The summed E-state index contributed by atoms with van der Waals surface area (Å²) < 4.78 is 0. The number of nitrogens with zero attached hydrogens (tertiary/aromatic N) is 2. The zero-order chi connectivity index (χ0) is 13.2. The van der Waals surface area contributed by atoms with Crippen LogP contribution in [0.1, 0.15) is 46.0 Å². The zero-order valence-electron chi connectivity index (χ0n) is 12.8. The van der Waals surface area contributed by atoms with Gasteiger partial charge in [0.15, 0.2) is 0 Å². The van der Waals surface area contributed by atoms with Crippen LogP contribution < -0.4 is 5.32 Å². The molecule has 0 spiro atoms. The number of fused-ring (bicyclic) bond motifs is 1. The monoisotopic (exact) mass is 265 g/mol. The highest BCUT2D eigenvalue weighted by molar-refractivity contribution is 4.97. The second kappa shape index (κ2) is 6.11. The summed E-state index contributed by atoms with van der Waals surface area (Å²) in [6.07, 6.45) is 7.08. The van der Waals surface area contributed by atoms with Crippen LogP contribution in [0, 0.1) is 5.92 Å². The lowest BCUT2D eigenvalue weighted by molar-refractivity contribution is 0.0864. The van der Waals surface area contributed by atoms with Crippen LogP contribution in [-0.2, 0) is 0 Å². The van der Waals surface area contributed by atoms with E-state index in [2.05, 4.69) is 29.0 Å². The predicted molar refractivity (Wildman–Crippen MR) is 80.4 cm³/mol. The van der Waals surface area contributed by atoms with Crippen molar-refractivity contribution in [3.05, 3.63) is 0 Å². The molecule has 0 aromatic carbocycles. The molecule has 19 heavy (non-hydrogen) atoms. The number of hydrogen-bond acceptors (Lipinski definition) is 3. The molecule has 0 amide bonds. The molecule has 3 fully saturated rings. The van der Waals surface area contributed by atoms with Crippen LogP contribution in [0.25, 0.3) is 0 Å². The molecular formula is C16H31N3. The highest BCUT2D eigenvalue weighted by atomic mass is 15.3. The van der Waals surface area contributed by atoms with Crippen molar-refractivity contribution in [3.8, 4) is 0 Å². The number of nitrogens with one attached hydrogen (secondary N) is 1. The summed E-state index contributed by atoms with van der Waals surface area (Å²) in [6.45, 7) is 11.2. The van der Waals surface area contributed by atoms with E-state index in [-0.39, 0.29) is 0 Å². The van der Waals surface area contributed by atoms with E-state index in [4.69, 9.17) is 0 Å². The molecule has 3 aliphatic heterocycles. The Morgan fingerprint density at radius 3 is 2.68 bits per heavy atom. The normalized spacial score (nSPS) is 37.7. The van der Waals surface area contributed by atoms with Crippen LogP contribution in [0.5, 0.6) is 0 Å². The minimum atomic E-state index is 0.728. The summed E-state index contributed by atoms with van der Waals surface area (Å²) in [5, 5.41) is 3.72. The lowest BCUT2D eigenvalue weighted by atomic mass is 9.95. The van der Waals surface area contributed by atoms with E-state index in [1.807, 2.05) is 0 Å². The van der Waals surface area contributed by atoms with Crippen molar-refractivity contribution in [2.24, 2.45) is 5.92 Å². The Morgan fingerprint density at radius 2 is 1.84 bits per heavy atom. The number of piperazine rings is 1. The van der Waals surface area contributed by atoms with Crippen LogP contribution in [0.3, 0.4) is 0 Å². The highest BCUT2D eigenvalue weighted by Gasteiger charge is 2.39. The molecule has 0 aromatic rings. The predicted octanol–water partition coefficient (Wildman–Crippen LogP) is 1.93. The first-order valence-electron chi connectivity index (χ1n) is 8.45. The smallest absolute Gasteiger partial charge is 0.0264 e. The fraction of sp³-hybridized carbons (Fsp3) is 1.00. The molecule has 1 N–H and O–H groups in total. The summed E-state index contributed by atoms with van der Waals surface area (Å²) >= 11 is 0. The van der Waals surface area contributed by atoms with Crippen LogP contribution in [-0.4, -0.2) is 60.6 Å². The zero-order valence-corrected chi connectivity index (χ0v) is 12.8. The van der Waals surface area contributed by atoms with E-state index in [0.29, 0.717) is 0 Å². The van der Waals surface area contributed by atoms with E-state index in [9.17, 15) is 0 Å². The molecule has 3 aliphatic rings. The molecular weight excluding hydrogens is 234 g/mol.